The summed E-state index contributed by atoms with van der Waals surface area (Å²) in [4.78, 5) is 27.1. The zero-order valence-corrected chi connectivity index (χ0v) is 15.4. The average molecular weight is 350 g/mol. The Bertz CT molecular complexity index is 765. The summed E-state index contributed by atoms with van der Waals surface area (Å²) in [5.41, 5.74) is 2.86. The van der Waals surface area contributed by atoms with Crippen molar-refractivity contribution >= 4 is 11.8 Å². The lowest BCUT2D eigenvalue weighted by Gasteiger charge is -2.32. The van der Waals surface area contributed by atoms with Crippen LogP contribution in [0.1, 0.15) is 47.3 Å². The summed E-state index contributed by atoms with van der Waals surface area (Å²) in [5.74, 6) is 0.131. The monoisotopic (exact) mass is 350 g/mol. The first-order chi connectivity index (χ1) is 12.6. The molecule has 0 saturated carbocycles. The van der Waals surface area contributed by atoms with Gasteiger partial charge in [-0.1, -0.05) is 48.5 Å². The zero-order valence-electron chi connectivity index (χ0n) is 15.4. The van der Waals surface area contributed by atoms with Crippen molar-refractivity contribution in [1.29, 1.82) is 0 Å². The first kappa shape index (κ1) is 18.2. The van der Waals surface area contributed by atoms with Gasteiger partial charge < -0.3 is 10.2 Å². The number of piperidine rings is 1. The minimum absolute atomic E-state index is 0.00432. The van der Waals surface area contributed by atoms with Crippen LogP contribution in [0.2, 0.25) is 0 Å². The molecule has 1 fully saturated rings. The molecule has 0 aromatic heterocycles. The summed E-state index contributed by atoms with van der Waals surface area (Å²) in [6.07, 6.45) is 1.43. The van der Waals surface area contributed by atoms with E-state index in [0.717, 1.165) is 16.7 Å². The number of benzene rings is 2. The predicted octanol–water partition coefficient (Wildman–Crippen LogP) is 3.72. The summed E-state index contributed by atoms with van der Waals surface area (Å²) in [5, 5.41) is 3.11. The fraction of sp³-hybridized carbons (Fsp3) is 0.364. The second-order valence-electron chi connectivity index (χ2n) is 7.02. The zero-order chi connectivity index (χ0) is 18.5. The van der Waals surface area contributed by atoms with E-state index in [1.54, 1.807) is 0 Å². The summed E-state index contributed by atoms with van der Waals surface area (Å²) in [6.45, 7) is 5.22. The van der Waals surface area contributed by atoms with Crippen LogP contribution in [0.3, 0.4) is 0 Å². The van der Waals surface area contributed by atoms with Gasteiger partial charge in [-0.25, -0.2) is 0 Å². The average Bonchev–Trinajstić information content (AvgIpc) is 2.68. The SMILES string of the molecule is Cc1ccccc1C(=O)N1CCC(C(=O)NC(C)c2ccccc2)CC1. The van der Waals surface area contributed by atoms with Gasteiger partial charge in [-0.2, -0.15) is 0 Å². The lowest BCUT2D eigenvalue weighted by Crippen LogP contribution is -2.43. The Morgan fingerprint density at radius 2 is 1.62 bits per heavy atom. The minimum atomic E-state index is -0.0258. The molecule has 2 aromatic rings. The van der Waals surface area contributed by atoms with Gasteiger partial charge in [0.15, 0.2) is 0 Å². The molecular formula is C22H26N2O2. The van der Waals surface area contributed by atoms with Gasteiger partial charge in [0, 0.05) is 24.6 Å². The normalized spacial score (nSPS) is 16.2. The van der Waals surface area contributed by atoms with E-state index in [2.05, 4.69) is 5.32 Å². The van der Waals surface area contributed by atoms with Crippen molar-refractivity contribution in [2.24, 2.45) is 5.92 Å². The fourth-order valence-electron chi connectivity index (χ4n) is 3.48. The molecule has 0 radical (unpaired) electrons. The lowest BCUT2D eigenvalue weighted by molar-refractivity contribution is -0.126. The standard InChI is InChI=1S/C22H26N2O2/c1-16-8-6-7-11-20(16)22(26)24-14-12-19(13-15-24)21(25)23-17(2)18-9-4-3-5-10-18/h3-11,17,19H,12-15H2,1-2H3,(H,23,25). The van der Waals surface area contributed by atoms with Crippen LogP contribution in [0.15, 0.2) is 54.6 Å². The van der Waals surface area contributed by atoms with Crippen molar-refractivity contribution in [1.82, 2.24) is 10.2 Å². The van der Waals surface area contributed by atoms with E-state index in [0.29, 0.717) is 25.9 Å². The molecule has 4 heteroatoms. The molecule has 0 aliphatic carbocycles. The molecule has 4 nitrogen and oxygen atoms in total. The van der Waals surface area contributed by atoms with E-state index in [1.807, 2.05) is 73.3 Å². The number of nitrogens with zero attached hydrogens (tertiary/aromatic N) is 1. The van der Waals surface area contributed by atoms with Crippen LogP contribution in [-0.2, 0) is 4.79 Å². The van der Waals surface area contributed by atoms with Crippen LogP contribution in [0.25, 0.3) is 0 Å². The van der Waals surface area contributed by atoms with E-state index in [9.17, 15) is 9.59 Å². The maximum Gasteiger partial charge on any atom is 0.254 e. The molecule has 3 rings (SSSR count). The molecule has 0 spiro atoms. The van der Waals surface area contributed by atoms with Gasteiger partial charge in [0.1, 0.15) is 0 Å². The van der Waals surface area contributed by atoms with Crippen molar-refractivity contribution in [3.8, 4) is 0 Å². The summed E-state index contributed by atoms with van der Waals surface area (Å²) < 4.78 is 0. The second-order valence-corrected chi connectivity index (χ2v) is 7.02. The molecule has 1 unspecified atom stereocenters. The maximum absolute atomic E-state index is 12.7. The number of carbonyl (C=O) groups excluding carboxylic acids is 2. The highest BCUT2D eigenvalue weighted by atomic mass is 16.2. The number of hydrogen-bond donors (Lipinski definition) is 1. The molecule has 1 N–H and O–H groups in total. The quantitative estimate of drug-likeness (QED) is 0.913. The summed E-state index contributed by atoms with van der Waals surface area (Å²) in [7, 11) is 0. The van der Waals surface area contributed by atoms with E-state index >= 15 is 0 Å². The van der Waals surface area contributed by atoms with E-state index < -0.39 is 0 Å². The van der Waals surface area contributed by atoms with Gasteiger partial charge in [0.25, 0.3) is 5.91 Å². The largest absolute Gasteiger partial charge is 0.349 e. The van der Waals surface area contributed by atoms with E-state index in [-0.39, 0.29) is 23.8 Å². The topological polar surface area (TPSA) is 49.4 Å². The van der Waals surface area contributed by atoms with Crippen molar-refractivity contribution in [3.63, 3.8) is 0 Å². The van der Waals surface area contributed by atoms with Gasteiger partial charge in [-0.3, -0.25) is 9.59 Å². The molecule has 26 heavy (non-hydrogen) atoms. The molecule has 1 aliphatic heterocycles. The molecule has 136 valence electrons. The Morgan fingerprint density at radius 3 is 2.27 bits per heavy atom. The Morgan fingerprint density at radius 1 is 1.00 bits per heavy atom. The third kappa shape index (κ3) is 4.13. The maximum atomic E-state index is 12.7. The number of rotatable bonds is 4. The van der Waals surface area contributed by atoms with E-state index in [1.165, 1.54) is 0 Å². The highest BCUT2D eigenvalue weighted by Gasteiger charge is 2.28. The Hall–Kier alpha value is -2.62. The number of carbonyl (C=O) groups is 2. The molecule has 1 heterocycles. The van der Waals surface area contributed by atoms with Crippen LogP contribution in [-0.4, -0.2) is 29.8 Å². The number of amides is 2. The van der Waals surface area contributed by atoms with Crippen molar-refractivity contribution in [3.05, 3.63) is 71.3 Å². The van der Waals surface area contributed by atoms with Crippen LogP contribution in [0.4, 0.5) is 0 Å². The van der Waals surface area contributed by atoms with Gasteiger partial charge in [0.05, 0.1) is 6.04 Å². The summed E-state index contributed by atoms with van der Waals surface area (Å²) >= 11 is 0. The number of aryl methyl sites for hydroxylation is 1. The third-order valence-electron chi connectivity index (χ3n) is 5.19. The molecule has 1 atom stereocenters. The van der Waals surface area contributed by atoms with Crippen molar-refractivity contribution < 1.29 is 9.59 Å². The number of nitrogens with one attached hydrogen (secondary N) is 1. The molecule has 2 amide bonds. The Kier molecular flexibility index (Phi) is 5.71. The highest BCUT2D eigenvalue weighted by Crippen LogP contribution is 2.22. The van der Waals surface area contributed by atoms with Crippen molar-refractivity contribution in [2.75, 3.05) is 13.1 Å². The van der Waals surface area contributed by atoms with Crippen LogP contribution < -0.4 is 5.32 Å². The Balaban J connectivity index is 1.54. The molecule has 0 bridgehead atoms. The molecule has 1 saturated heterocycles. The van der Waals surface area contributed by atoms with Crippen LogP contribution in [0.5, 0.6) is 0 Å². The van der Waals surface area contributed by atoms with E-state index in [4.69, 9.17) is 0 Å². The minimum Gasteiger partial charge on any atom is -0.349 e. The highest BCUT2D eigenvalue weighted by molar-refractivity contribution is 5.95. The molecular weight excluding hydrogens is 324 g/mol. The smallest absolute Gasteiger partial charge is 0.254 e. The van der Waals surface area contributed by atoms with Crippen LogP contribution >= 0.6 is 0 Å². The van der Waals surface area contributed by atoms with Gasteiger partial charge >= 0.3 is 0 Å². The second kappa shape index (κ2) is 8.17. The van der Waals surface area contributed by atoms with Gasteiger partial charge in [-0.15, -0.1) is 0 Å². The van der Waals surface area contributed by atoms with Gasteiger partial charge in [0.2, 0.25) is 5.91 Å². The van der Waals surface area contributed by atoms with Gasteiger partial charge in [-0.05, 0) is 43.9 Å². The number of hydrogen-bond acceptors (Lipinski definition) is 2. The van der Waals surface area contributed by atoms with Crippen LogP contribution in [0, 0.1) is 12.8 Å². The summed E-state index contributed by atoms with van der Waals surface area (Å²) in [6, 6.07) is 17.6. The molecule has 1 aliphatic rings. The third-order valence-corrected chi connectivity index (χ3v) is 5.19. The lowest BCUT2D eigenvalue weighted by atomic mass is 9.94. The first-order valence-corrected chi connectivity index (χ1v) is 9.26. The van der Waals surface area contributed by atoms with Crippen molar-refractivity contribution in [2.45, 2.75) is 32.7 Å². The Labute approximate surface area is 155 Å². The fourth-order valence-corrected chi connectivity index (χ4v) is 3.48. The number of likely N-dealkylation sites (tertiary alicyclic amines) is 1. The first-order valence-electron chi connectivity index (χ1n) is 9.26. The molecule has 2 aromatic carbocycles. The predicted molar refractivity (Wildman–Crippen MR) is 103 cm³/mol.